The summed E-state index contributed by atoms with van der Waals surface area (Å²) in [5.41, 5.74) is 1.34. The number of carbonyl (C=O) groups is 1. The minimum absolute atomic E-state index is 0.336. The molecule has 2 aromatic rings. The summed E-state index contributed by atoms with van der Waals surface area (Å²) < 4.78 is 0. The van der Waals surface area contributed by atoms with E-state index >= 15 is 0 Å². The molecule has 0 atom stereocenters. The molecule has 76 valence electrons. The second-order valence-electron chi connectivity index (χ2n) is 3.30. The molecule has 0 saturated carbocycles. The standard InChI is InChI=1S/C12H9BrO2/c13-7-10-6-9(12(14)15)5-8-3-1-2-4-11(8)10/h1-6H,7H2,(H,14,15). The molecule has 0 saturated heterocycles. The van der Waals surface area contributed by atoms with Crippen molar-refractivity contribution < 1.29 is 9.90 Å². The summed E-state index contributed by atoms with van der Waals surface area (Å²) in [5, 5.41) is 11.7. The monoisotopic (exact) mass is 264 g/mol. The van der Waals surface area contributed by atoms with Crippen LogP contribution in [0, 0.1) is 0 Å². The summed E-state index contributed by atoms with van der Waals surface area (Å²) >= 11 is 3.37. The highest BCUT2D eigenvalue weighted by Crippen LogP contribution is 2.23. The molecule has 0 aliphatic carbocycles. The van der Waals surface area contributed by atoms with Crippen molar-refractivity contribution >= 4 is 32.7 Å². The van der Waals surface area contributed by atoms with Crippen LogP contribution >= 0.6 is 15.9 Å². The molecule has 0 fully saturated rings. The number of aromatic carboxylic acids is 1. The number of halogens is 1. The normalized spacial score (nSPS) is 10.5. The fourth-order valence-electron chi connectivity index (χ4n) is 1.62. The first-order valence-electron chi connectivity index (χ1n) is 4.53. The Kier molecular flexibility index (Phi) is 2.73. The third-order valence-electron chi connectivity index (χ3n) is 2.34. The minimum Gasteiger partial charge on any atom is -0.478 e. The summed E-state index contributed by atoms with van der Waals surface area (Å²) in [5.74, 6) is -0.886. The van der Waals surface area contributed by atoms with Crippen LogP contribution in [0.15, 0.2) is 36.4 Å². The Morgan fingerprint density at radius 2 is 2.00 bits per heavy atom. The molecule has 1 N–H and O–H groups in total. The Hall–Kier alpha value is -1.35. The Morgan fingerprint density at radius 3 is 2.67 bits per heavy atom. The highest BCUT2D eigenvalue weighted by molar-refractivity contribution is 9.08. The lowest BCUT2D eigenvalue weighted by molar-refractivity contribution is 0.0697. The molecular weight excluding hydrogens is 256 g/mol. The molecule has 0 aliphatic heterocycles. The fourth-order valence-corrected chi connectivity index (χ4v) is 2.09. The molecule has 0 amide bonds. The van der Waals surface area contributed by atoms with E-state index in [9.17, 15) is 4.79 Å². The van der Waals surface area contributed by atoms with Crippen LogP contribution in [0.3, 0.4) is 0 Å². The number of carboxylic acids is 1. The maximum absolute atomic E-state index is 10.9. The zero-order valence-electron chi connectivity index (χ0n) is 7.90. The number of benzene rings is 2. The quantitative estimate of drug-likeness (QED) is 0.844. The molecule has 0 radical (unpaired) electrons. The van der Waals surface area contributed by atoms with Crippen LogP contribution in [0.1, 0.15) is 15.9 Å². The van der Waals surface area contributed by atoms with Crippen molar-refractivity contribution in [3.63, 3.8) is 0 Å². The second kappa shape index (κ2) is 4.03. The van der Waals surface area contributed by atoms with E-state index in [1.54, 1.807) is 12.1 Å². The van der Waals surface area contributed by atoms with Gasteiger partial charge in [-0.3, -0.25) is 0 Å². The smallest absolute Gasteiger partial charge is 0.335 e. The number of hydrogen-bond acceptors (Lipinski definition) is 1. The molecule has 0 aliphatic rings. The molecule has 0 aromatic heterocycles. The average molecular weight is 265 g/mol. The number of rotatable bonds is 2. The first-order chi connectivity index (χ1) is 7.22. The van der Waals surface area contributed by atoms with Crippen molar-refractivity contribution in [3.8, 4) is 0 Å². The van der Waals surface area contributed by atoms with Crippen molar-refractivity contribution in [2.24, 2.45) is 0 Å². The number of alkyl halides is 1. The van der Waals surface area contributed by atoms with E-state index < -0.39 is 5.97 Å². The van der Waals surface area contributed by atoms with Crippen LogP contribution in [-0.2, 0) is 5.33 Å². The molecule has 0 heterocycles. The van der Waals surface area contributed by atoms with Crippen LogP contribution in [0.4, 0.5) is 0 Å². The predicted molar refractivity (Wildman–Crippen MR) is 63.5 cm³/mol. The van der Waals surface area contributed by atoms with Gasteiger partial charge in [0.25, 0.3) is 0 Å². The van der Waals surface area contributed by atoms with Gasteiger partial charge in [-0.1, -0.05) is 40.2 Å². The predicted octanol–water partition coefficient (Wildman–Crippen LogP) is 3.43. The Labute approximate surface area is 95.7 Å². The summed E-state index contributed by atoms with van der Waals surface area (Å²) in [4.78, 5) is 10.9. The molecule has 2 nitrogen and oxygen atoms in total. The minimum atomic E-state index is -0.886. The lowest BCUT2D eigenvalue weighted by Crippen LogP contribution is -1.97. The van der Waals surface area contributed by atoms with Gasteiger partial charge in [0.2, 0.25) is 0 Å². The Bertz CT molecular complexity index is 520. The van der Waals surface area contributed by atoms with Gasteiger partial charge < -0.3 is 5.11 Å². The van der Waals surface area contributed by atoms with Crippen LogP contribution in [0.5, 0.6) is 0 Å². The van der Waals surface area contributed by atoms with Crippen molar-refractivity contribution in [3.05, 3.63) is 47.5 Å². The SMILES string of the molecule is O=C(O)c1cc(CBr)c2ccccc2c1. The van der Waals surface area contributed by atoms with Gasteiger partial charge in [-0.2, -0.15) is 0 Å². The van der Waals surface area contributed by atoms with Gasteiger partial charge in [-0.15, -0.1) is 0 Å². The first kappa shape index (κ1) is 10.2. The summed E-state index contributed by atoms with van der Waals surface area (Å²) in [6.45, 7) is 0. The van der Waals surface area contributed by atoms with E-state index in [-0.39, 0.29) is 0 Å². The largest absolute Gasteiger partial charge is 0.478 e. The lowest BCUT2D eigenvalue weighted by Gasteiger charge is -2.05. The van der Waals surface area contributed by atoms with Crippen LogP contribution < -0.4 is 0 Å². The molecule has 3 heteroatoms. The number of hydrogen-bond donors (Lipinski definition) is 1. The topological polar surface area (TPSA) is 37.3 Å². The molecule has 0 bridgehead atoms. The number of fused-ring (bicyclic) bond motifs is 1. The number of carboxylic acid groups (broad SMARTS) is 1. The van der Waals surface area contributed by atoms with Gasteiger partial charge in [0.15, 0.2) is 0 Å². The molecule has 0 unspecified atom stereocenters. The first-order valence-corrected chi connectivity index (χ1v) is 5.65. The fraction of sp³-hybridized carbons (Fsp3) is 0.0833. The maximum Gasteiger partial charge on any atom is 0.335 e. The zero-order chi connectivity index (χ0) is 10.8. The van der Waals surface area contributed by atoms with Crippen molar-refractivity contribution in [2.45, 2.75) is 5.33 Å². The van der Waals surface area contributed by atoms with Crippen LogP contribution in [-0.4, -0.2) is 11.1 Å². The summed E-state index contributed by atoms with van der Waals surface area (Å²) in [7, 11) is 0. The van der Waals surface area contributed by atoms with Gasteiger partial charge in [0.05, 0.1) is 5.56 Å². The van der Waals surface area contributed by atoms with E-state index in [2.05, 4.69) is 15.9 Å². The van der Waals surface area contributed by atoms with E-state index in [1.165, 1.54) is 0 Å². The Morgan fingerprint density at radius 1 is 1.27 bits per heavy atom. The van der Waals surface area contributed by atoms with Crippen molar-refractivity contribution in [1.82, 2.24) is 0 Å². The second-order valence-corrected chi connectivity index (χ2v) is 3.86. The van der Waals surface area contributed by atoms with Gasteiger partial charge in [-0.25, -0.2) is 4.79 Å². The van der Waals surface area contributed by atoms with E-state index in [1.807, 2.05) is 24.3 Å². The van der Waals surface area contributed by atoms with Gasteiger partial charge in [0.1, 0.15) is 0 Å². The molecular formula is C12H9BrO2. The molecule has 0 spiro atoms. The third-order valence-corrected chi connectivity index (χ3v) is 2.94. The third kappa shape index (κ3) is 1.88. The highest BCUT2D eigenvalue weighted by Gasteiger charge is 2.07. The van der Waals surface area contributed by atoms with Gasteiger partial charge in [-0.05, 0) is 28.5 Å². The molecule has 15 heavy (non-hydrogen) atoms. The maximum atomic E-state index is 10.9. The van der Waals surface area contributed by atoms with Crippen LogP contribution in [0.25, 0.3) is 10.8 Å². The molecule has 2 aromatic carbocycles. The van der Waals surface area contributed by atoms with Crippen molar-refractivity contribution in [1.29, 1.82) is 0 Å². The van der Waals surface area contributed by atoms with Crippen LogP contribution in [0.2, 0.25) is 0 Å². The average Bonchev–Trinajstić information content (AvgIpc) is 2.27. The Balaban J connectivity index is 2.77. The zero-order valence-corrected chi connectivity index (χ0v) is 9.49. The summed E-state index contributed by atoms with van der Waals surface area (Å²) in [6.07, 6.45) is 0. The van der Waals surface area contributed by atoms with Crippen molar-refractivity contribution in [2.75, 3.05) is 0 Å². The summed E-state index contributed by atoms with van der Waals surface area (Å²) in [6, 6.07) is 11.2. The van der Waals surface area contributed by atoms with E-state index in [4.69, 9.17) is 5.11 Å². The molecule has 2 rings (SSSR count). The lowest BCUT2D eigenvalue weighted by atomic mass is 10.0. The van der Waals surface area contributed by atoms with E-state index in [0.29, 0.717) is 10.9 Å². The van der Waals surface area contributed by atoms with Gasteiger partial charge in [0, 0.05) is 5.33 Å². The van der Waals surface area contributed by atoms with E-state index in [0.717, 1.165) is 16.3 Å². The highest BCUT2D eigenvalue weighted by atomic mass is 79.9. The van der Waals surface area contributed by atoms with Gasteiger partial charge >= 0.3 is 5.97 Å².